The number of nitrogens with zero attached hydrogens (tertiary/aromatic N) is 4. The molecule has 0 fully saturated rings. The monoisotopic (exact) mass is 276 g/mol. The van der Waals surface area contributed by atoms with Crippen LogP contribution in [-0.4, -0.2) is 31.0 Å². The maximum Gasteiger partial charge on any atom is 0.406 e. The lowest BCUT2D eigenvalue weighted by molar-refractivity contribution is -0.390. The fourth-order valence-electron chi connectivity index (χ4n) is 1.43. The molecule has 9 heteroatoms. The normalized spacial score (nSPS) is 10.0. The molecule has 2 rings (SSSR count). The number of ether oxygens (including phenoxy) is 1. The van der Waals surface area contributed by atoms with E-state index in [9.17, 15) is 14.9 Å². The summed E-state index contributed by atoms with van der Waals surface area (Å²) in [7, 11) is 0. The largest absolute Gasteiger partial charge is 0.479 e. The fraction of sp³-hybridized carbons (Fsp3) is 0.0909. The van der Waals surface area contributed by atoms with Gasteiger partial charge in [0.25, 0.3) is 0 Å². The van der Waals surface area contributed by atoms with E-state index in [-0.39, 0.29) is 23.6 Å². The van der Waals surface area contributed by atoms with Crippen molar-refractivity contribution in [2.24, 2.45) is 0 Å². The first-order valence-electron chi connectivity index (χ1n) is 5.34. The molecule has 9 nitrogen and oxygen atoms in total. The van der Waals surface area contributed by atoms with Gasteiger partial charge in [0.1, 0.15) is 24.7 Å². The van der Waals surface area contributed by atoms with E-state index in [0.717, 1.165) is 6.20 Å². The van der Waals surface area contributed by atoms with E-state index < -0.39 is 16.7 Å². The van der Waals surface area contributed by atoms with Crippen LogP contribution in [0.25, 0.3) is 0 Å². The highest BCUT2D eigenvalue weighted by Crippen LogP contribution is 2.23. The predicted molar refractivity (Wildman–Crippen MR) is 64.2 cm³/mol. The van der Waals surface area contributed by atoms with Crippen molar-refractivity contribution < 1.29 is 19.6 Å². The van der Waals surface area contributed by atoms with Gasteiger partial charge in [-0.15, -0.1) is 0 Å². The number of aromatic nitrogens is 3. The fourth-order valence-corrected chi connectivity index (χ4v) is 1.43. The quantitative estimate of drug-likeness (QED) is 0.633. The van der Waals surface area contributed by atoms with E-state index in [2.05, 4.69) is 15.0 Å². The SMILES string of the molecule is O=C(O)c1cncnc1COc1cccnc1[N+](=O)[O-]. The van der Waals surface area contributed by atoms with Crippen LogP contribution in [0, 0.1) is 10.1 Å². The highest BCUT2D eigenvalue weighted by atomic mass is 16.6. The third kappa shape index (κ3) is 2.83. The summed E-state index contributed by atoms with van der Waals surface area (Å²) in [5.41, 5.74) is -0.00954. The number of carbonyl (C=O) groups is 1. The summed E-state index contributed by atoms with van der Waals surface area (Å²) < 4.78 is 5.22. The topological polar surface area (TPSA) is 128 Å². The highest BCUT2D eigenvalue weighted by Gasteiger charge is 2.17. The lowest BCUT2D eigenvalue weighted by atomic mass is 10.2. The van der Waals surface area contributed by atoms with Crippen molar-refractivity contribution in [3.05, 3.63) is 52.2 Å². The van der Waals surface area contributed by atoms with Gasteiger partial charge in [-0.3, -0.25) is 0 Å². The Morgan fingerprint density at radius 3 is 2.95 bits per heavy atom. The van der Waals surface area contributed by atoms with Crippen LogP contribution in [-0.2, 0) is 6.61 Å². The lowest BCUT2D eigenvalue weighted by Gasteiger charge is -2.07. The Balaban J connectivity index is 2.22. The second-order valence-corrected chi connectivity index (χ2v) is 3.56. The van der Waals surface area contributed by atoms with E-state index in [1.807, 2.05) is 0 Å². The van der Waals surface area contributed by atoms with E-state index in [1.54, 1.807) is 0 Å². The van der Waals surface area contributed by atoms with Crippen molar-refractivity contribution in [1.82, 2.24) is 15.0 Å². The molecule has 20 heavy (non-hydrogen) atoms. The van der Waals surface area contributed by atoms with Crippen LogP contribution in [0.2, 0.25) is 0 Å². The minimum Gasteiger partial charge on any atom is -0.479 e. The molecule has 0 aromatic carbocycles. The van der Waals surface area contributed by atoms with Crippen LogP contribution in [0.5, 0.6) is 5.75 Å². The Morgan fingerprint density at radius 2 is 2.25 bits per heavy atom. The first-order valence-corrected chi connectivity index (χ1v) is 5.34. The van der Waals surface area contributed by atoms with Crippen molar-refractivity contribution in [2.45, 2.75) is 6.61 Å². The molecule has 2 heterocycles. The minimum absolute atomic E-state index is 0.0625. The molecule has 1 N–H and O–H groups in total. The second-order valence-electron chi connectivity index (χ2n) is 3.56. The zero-order valence-electron chi connectivity index (χ0n) is 9.96. The van der Waals surface area contributed by atoms with Crippen molar-refractivity contribution in [3.63, 3.8) is 0 Å². The lowest BCUT2D eigenvalue weighted by Crippen LogP contribution is -2.09. The van der Waals surface area contributed by atoms with Crippen molar-refractivity contribution in [2.75, 3.05) is 0 Å². The van der Waals surface area contributed by atoms with Crippen molar-refractivity contribution >= 4 is 11.8 Å². The molecule has 0 amide bonds. The van der Waals surface area contributed by atoms with Gasteiger partial charge in [0, 0.05) is 6.20 Å². The molecule has 0 spiro atoms. The summed E-state index contributed by atoms with van der Waals surface area (Å²) >= 11 is 0. The molecule has 0 radical (unpaired) electrons. The average Bonchev–Trinajstić information content (AvgIpc) is 2.45. The maximum absolute atomic E-state index is 11.0. The molecule has 2 aromatic heterocycles. The Labute approximate surface area is 112 Å². The molecular weight excluding hydrogens is 268 g/mol. The Morgan fingerprint density at radius 1 is 1.45 bits per heavy atom. The van der Waals surface area contributed by atoms with Gasteiger partial charge in [-0.2, -0.15) is 0 Å². The van der Waals surface area contributed by atoms with Crippen molar-refractivity contribution in [1.29, 1.82) is 0 Å². The molecule has 0 aliphatic carbocycles. The molecule has 0 atom stereocenters. The van der Waals surface area contributed by atoms with Crippen LogP contribution in [0.3, 0.4) is 0 Å². The molecule has 0 unspecified atom stereocenters. The first kappa shape index (κ1) is 13.3. The number of hydrogen-bond donors (Lipinski definition) is 1. The number of carboxylic acids is 1. The number of aromatic carboxylic acids is 1. The molecule has 102 valence electrons. The summed E-state index contributed by atoms with van der Waals surface area (Å²) in [6.45, 7) is -0.239. The van der Waals surface area contributed by atoms with Gasteiger partial charge in [0.15, 0.2) is 0 Å². The zero-order chi connectivity index (χ0) is 14.5. The van der Waals surface area contributed by atoms with Gasteiger partial charge in [0.2, 0.25) is 5.75 Å². The average molecular weight is 276 g/mol. The molecule has 2 aromatic rings. The van der Waals surface area contributed by atoms with Gasteiger partial charge in [-0.05, 0) is 22.0 Å². The Hall–Kier alpha value is -3.10. The summed E-state index contributed by atoms with van der Waals surface area (Å²) in [5.74, 6) is -1.71. The van der Waals surface area contributed by atoms with Crippen LogP contribution in [0.4, 0.5) is 5.82 Å². The minimum atomic E-state index is -1.20. The molecule has 0 aliphatic heterocycles. The second kappa shape index (κ2) is 5.69. The van der Waals surface area contributed by atoms with Gasteiger partial charge in [0.05, 0.1) is 5.69 Å². The van der Waals surface area contributed by atoms with Crippen LogP contribution < -0.4 is 4.74 Å². The summed E-state index contributed by atoms with van der Waals surface area (Å²) in [5, 5.41) is 19.7. The highest BCUT2D eigenvalue weighted by molar-refractivity contribution is 5.88. The number of pyridine rings is 1. The Kier molecular flexibility index (Phi) is 3.80. The number of hydrogen-bond acceptors (Lipinski definition) is 7. The molecule has 0 saturated carbocycles. The first-order chi connectivity index (χ1) is 9.59. The molecule has 0 aliphatic rings. The summed E-state index contributed by atoms with van der Waals surface area (Å²) in [4.78, 5) is 32.0. The Bertz CT molecular complexity index is 603. The third-order valence-electron chi connectivity index (χ3n) is 2.31. The van der Waals surface area contributed by atoms with Gasteiger partial charge < -0.3 is 20.0 Å². The smallest absolute Gasteiger partial charge is 0.406 e. The molecule has 0 saturated heterocycles. The number of rotatable bonds is 5. The van der Waals surface area contributed by atoms with Gasteiger partial charge in [-0.25, -0.2) is 14.8 Å². The van der Waals surface area contributed by atoms with E-state index in [4.69, 9.17) is 9.84 Å². The predicted octanol–water partition coefficient (Wildman–Crippen LogP) is 1.06. The molecular formula is C11H8N4O5. The van der Waals surface area contributed by atoms with Crippen LogP contribution >= 0.6 is 0 Å². The van der Waals surface area contributed by atoms with E-state index in [0.29, 0.717) is 0 Å². The van der Waals surface area contributed by atoms with Crippen LogP contribution in [0.15, 0.2) is 30.9 Å². The van der Waals surface area contributed by atoms with E-state index >= 15 is 0 Å². The summed E-state index contributed by atoms with van der Waals surface area (Å²) in [6.07, 6.45) is 3.56. The maximum atomic E-state index is 11.0. The third-order valence-corrected chi connectivity index (χ3v) is 2.31. The molecule has 0 bridgehead atoms. The summed E-state index contributed by atoms with van der Waals surface area (Å²) in [6, 6.07) is 2.84. The number of nitro groups is 1. The van der Waals surface area contributed by atoms with E-state index in [1.165, 1.54) is 24.7 Å². The van der Waals surface area contributed by atoms with Gasteiger partial charge in [-0.1, -0.05) is 0 Å². The standard InChI is InChI=1S/C11H8N4O5/c16-11(17)7-4-12-6-14-8(7)5-20-9-2-1-3-13-10(9)15(18)19/h1-4,6H,5H2,(H,16,17). The zero-order valence-corrected chi connectivity index (χ0v) is 9.96. The van der Waals surface area contributed by atoms with Crippen LogP contribution in [0.1, 0.15) is 16.1 Å². The van der Waals surface area contributed by atoms with Gasteiger partial charge >= 0.3 is 11.8 Å². The van der Waals surface area contributed by atoms with Crippen molar-refractivity contribution in [3.8, 4) is 5.75 Å². The number of carboxylic acid groups (broad SMARTS) is 1.